The van der Waals surface area contributed by atoms with Crippen molar-refractivity contribution in [3.8, 4) is 0 Å². The Kier molecular flexibility index (Phi) is 27.9. The molecule has 3 aromatic heterocycles. The monoisotopic (exact) mass is 602 g/mol. The Morgan fingerprint density at radius 2 is 1.23 bits per heavy atom. The van der Waals surface area contributed by atoms with Crippen LogP contribution < -0.4 is 0 Å². The molecule has 0 fully saturated rings. The van der Waals surface area contributed by atoms with Crippen LogP contribution in [0, 0.1) is 0 Å². The van der Waals surface area contributed by atoms with E-state index in [4.69, 9.17) is 24.4 Å². The van der Waals surface area contributed by atoms with E-state index in [1.807, 2.05) is 30.3 Å². The molecule has 0 saturated carbocycles. The molecule has 0 atom stereocenters. The summed E-state index contributed by atoms with van der Waals surface area (Å²) in [5.41, 5.74) is 5.03. The van der Waals surface area contributed by atoms with E-state index < -0.39 is 14.8 Å². The maximum atomic E-state index is 10.5. The van der Waals surface area contributed by atoms with Crippen LogP contribution in [-0.4, -0.2) is 32.6 Å². The van der Waals surface area contributed by atoms with Gasteiger partial charge >= 0.3 is 22.5 Å². The van der Waals surface area contributed by atoms with Crippen LogP contribution in [0.5, 0.6) is 0 Å². The average molecular weight is 603 g/mol. The van der Waals surface area contributed by atoms with Gasteiger partial charge in [0.25, 0.3) is 0 Å². The molecule has 0 aliphatic rings. The van der Waals surface area contributed by atoms with Crippen molar-refractivity contribution in [2.45, 2.75) is 80.8 Å². The Labute approximate surface area is 244 Å². The number of hydrogen-bond donors (Lipinski definition) is 1. The number of aromatic nitrogens is 3. The Morgan fingerprint density at radius 3 is 1.72 bits per heavy atom. The number of aliphatic hydroxyl groups is 1. The summed E-state index contributed by atoms with van der Waals surface area (Å²) < 4.78 is 16.8. The van der Waals surface area contributed by atoms with Crippen molar-refractivity contribution < 1.29 is 37.2 Å². The molecule has 0 aliphatic carbocycles. The molecule has 0 amide bonds. The molecule has 217 valence electrons. The molecule has 0 aromatic carbocycles. The van der Waals surface area contributed by atoms with Gasteiger partial charge in [-0.05, 0) is 54.2 Å². The zero-order valence-electron chi connectivity index (χ0n) is 21.4. The molecule has 0 bridgehead atoms. The molecule has 39 heavy (non-hydrogen) atoms. The second-order valence-electron chi connectivity index (χ2n) is 7.54. The van der Waals surface area contributed by atoms with E-state index in [1.54, 1.807) is 18.5 Å². The van der Waals surface area contributed by atoms with Crippen molar-refractivity contribution in [3.05, 3.63) is 87.7 Å². The molecule has 3 rings (SSSR count). The van der Waals surface area contributed by atoms with Gasteiger partial charge in [-0.2, -0.15) is 0 Å². The quantitative estimate of drug-likeness (QED) is 0.159. The molecule has 8 nitrogen and oxygen atoms in total. The minimum absolute atomic E-state index is 0. The average Bonchev–Trinajstić information content (AvgIpc) is 2.92. The third kappa shape index (κ3) is 17.4. The molecule has 10 heteroatoms. The fourth-order valence-electron chi connectivity index (χ4n) is 3.21. The SMILES string of the molecule is C.C.CCCc1ccc(Cl)nc1C=O.CCCc1cccnc1C=O.CCCc1cccnc1CO.[O]=[Mn]=[O]. The normalized spacial score (nSPS) is 8.85. The summed E-state index contributed by atoms with van der Waals surface area (Å²) >= 11 is 4.19. The summed E-state index contributed by atoms with van der Waals surface area (Å²) in [6.07, 6.45) is 10.9. The van der Waals surface area contributed by atoms with Gasteiger partial charge in [0, 0.05) is 12.4 Å². The molecule has 0 saturated heterocycles. The first-order valence-corrected chi connectivity index (χ1v) is 13.2. The van der Waals surface area contributed by atoms with Gasteiger partial charge in [-0.15, -0.1) is 0 Å². The van der Waals surface area contributed by atoms with Gasteiger partial charge in [0.2, 0.25) is 0 Å². The van der Waals surface area contributed by atoms with E-state index in [9.17, 15) is 9.59 Å². The van der Waals surface area contributed by atoms with E-state index >= 15 is 0 Å². The van der Waals surface area contributed by atoms with Crippen molar-refractivity contribution in [3.63, 3.8) is 0 Å². The van der Waals surface area contributed by atoms with Gasteiger partial charge in [0.1, 0.15) is 16.5 Å². The van der Waals surface area contributed by atoms with Crippen molar-refractivity contribution in [2.75, 3.05) is 0 Å². The van der Waals surface area contributed by atoms with Gasteiger partial charge in [0.05, 0.1) is 12.3 Å². The second kappa shape index (κ2) is 26.8. The fourth-order valence-corrected chi connectivity index (χ4v) is 3.36. The number of aldehydes is 2. The van der Waals surface area contributed by atoms with Crippen molar-refractivity contribution in [2.24, 2.45) is 0 Å². The summed E-state index contributed by atoms with van der Waals surface area (Å²) in [7, 11) is 0. The summed E-state index contributed by atoms with van der Waals surface area (Å²) in [5, 5.41) is 9.25. The number of aliphatic hydroxyl groups excluding tert-OH is 1. The van der Waals surface area contributed by atoms with Gasteiger partial charge in [-0.25, -0.2) is 4.98 Å². The first-order chi connectivity index (χ1) is 17.9. The molecular formula is C29H42ClMnN3O5. The Bertz CT molecular complexity index is 1110. The number of carbonyl (C=O) groups excluding carboxylic acids is 2. The summed E-state index contributed by atoms with van der Waals surface area (Å²) in [6, 6.07) is 11.3. The second-order valence-corrected chi connectivity index (χ2v) is 8.13. The van der Waals surface area contributed by atoms with Crippen LogP contribution in [0.1, 0.15) is 98.2 Å². The molecule has 0 unspecified atom stereocenters. The third-order valence-corrected chi connectivity index (χ3v) is 5.03. The van der Waals surface area contributed by atoms with Crippen LogP contribution >= 0.6 is 11.6 Å². The first-order valence-electron chi connectivity index (χ1n) is 11.9. The van der Waals surface area contributed by atoms with Gasteiger partial charge in [-0.1, -0.05) is 84.7 Å². The van der Waals surface area contributed by atoms with Crippen LogP contribution in [0.2, 0.25) is 5.15 Å². The van der Waals surface area contributed by atoms with Crippen LogP contribution in [0.4, 0.5) is 0 Å². The molecule has 0 radical (unpaired) electrons. The molecule has 1 N–H and O–H groups in total. The van der Waals surface area contributed by atoms with E-state index in [0.29, 0.717) is 16.5 Å². The molecule has 3 heterocycles. The molecular weight excluding hydrogens is 561 g/mol. The van der Waals surface area contributed by atoms with E-state index in [0.717, 1.165) is 73.5 Å². The minimum atomic E-state index is -1.44. The Balaban J connectivity index is -0.000000463. The summed E-state index contributed by atoms with van der Waals surface area (Å²) in [6.45, 7) is 6.31. The number of carbonyl (C=O) groups is 2. The van der Waals surface area contributed by atoms with Gasteiger partial charge in [0.15, 0.2) is 12.6 Å². The van der Waals surface area contributed by atoms with Crippen molar-refractivity contribution >= 4 is 24.2 Å². The fraction of sp³-hybridized carbons (Fsp3) is 0.414. The van der Waals surface area contributed by atoms with Crippen molar-refractivity contribution in [1.29, 1.82) is 0 Å². The predicted molar refractivity (Wildman–Crippen MR) is 151 cm³/mol. The molecule has 0 aliphatic heterocycles. The number of nitrogens with zero attached hydrogens (tertiary/aromatic N) is 3. The van der Waals surface area contributed by atoms with Gasteiger partial charge < -0.3 is 5.11 Å². The zero-order valence-corrected chi connectivity index (χ0v) is 23.3. The number of pyridine rings is 3. The summed E-state index contributed by atoms with van der Waals surface area (Å²) in [4.78, 5) is 32.9. The van der Waals surface area contributed by atoms with Crippen LogP contribution in [-0.2, 0) is 48.4 Å². The molecule has 3 aromatic rings. The Morgan fingerprint density at radius 1 is 0.769 bits per heavy atom. The van der Waals surface area contributed by atoms with Gasteiger partial charge in [-0.3, -0.25) is 19.6 Å². The zero-order chi connectivity index (χ0) is 27.9. The third-order valence-electron chi connectivity index (χ3n) is 4.82. The van der Waals surface area contributed by atoms with Crippen LogP contribution in [0.3, 0.4) is 0 Å². The maximum absolute atomic E-state index is 10.5. The van der Waals surface area contributed by atoms with Crippen molar-refractivity contribution in [1.82, 2.24) is 15.0 Å². The van der Waals surface area contributed by atoms with E-state index in [2.05, 4.69) is 35.7 Å². The number of halogens is 1. The topological polar surface area (TPSA) is 127 Å². The van der Waals surface area contributed by atoms with E-state index in [-0.39, 0.29) is 21.5 Å². The summed E-state index contributed by atoms with van der Waals surface area (Å²) in [5.74, 6) is 0. The van der Waals surface area contributed by atoms with Crippen LogP contribution in [0.25, 0.3) is 0 Å². The van der Waals surface area contributed by atoms with E-state index in [1.165, 1.54) is 0 Å². The Hall–Kier alpha value is -2.84. The number of rotatable bonds is 9. The predicted octanol–water partition coefficient (Wildman–Crippen LogP) is 6.91. The standard InChI is InChI=1S/C9H10ClNO.C9H13NO.C9H11NO.2CH4.Mn.2O/c1-2-3-7-4-5-9(10)11-8(7)6-12;2*1-2-4-8-5-3-6-10-9(8)7-11;;;;;/h4-6H,2-3H2,1H3;3,5-6,11H,2,4,7H2,1H3;3,5-7H,2,4H2,1H3;2*1H4;;;. The molecule has 0 spiro atoms. The number of hydrogen-bond acceptors (Lipinski definition) is 8. The first kappa shape index (κ1) is 40.7. The number of aryl methyl sites for hydroxylation is 3. The van der Waals surface area contributed by atoms with Crippen LogP contribution in [0.15, 0.2) is 48.8 Å².